The van der Waals surface area contributed by atoms with Gasteiger partial charge in [-0.25, -0.2) is 0 Å². The summed E-state index contributed by atoms with van der Waals surface area (Å²) in [5, 5.41) is 3.84. The van der Waals surface area contributed by atoms with Gasteiger partial charge in [0.15, 0.2) is 0 Å². The molecule has 0 aliphatic rings. The van der Waals surface area contributed by atoms with E-state index in [-0.39, 0.29) is 5.91 Å². The van der Waals surface area contributed by atoms with Crippen LogP contribution < -0.4 is 5.32 Å². The molecule has 0 aliphatic heterocycles. The lowest BCUT2D eigenvalue weighted by atomic mass is 10.1. The van der Waals surface area contributed by atoms with E-state index in [2.05, 4.69) is 22.3 Å². The van der Waals surface area contributed by atoms with Crippen molar-refractivity contribution in [1.82, 2.24) is 10.3 Å². The standard InChI is InChI=1S/C14H14N2O/c1-2-9-15-14(17)8-7-11-10-16-13-6-4-3-5-12(11)13/h1,3-6,10,16H,7-9H2,(H,15,17). The summed E-state index contributed by atoms with van der Waals surface area (Å²) in [4.78, 5) is 14.6. The molecular formula is C14H14N2O. The van der Waals surface area contributed by atoms with Gasteiger partial charge in [0.25, 0.3) is 0 Å². The summed E-state index contributed by atoms with van der Waals surface area (Å²) in [5.74, 6) is 2.38. The van der Waals surface area contributed by atoms with E-state index >= 15 is 0 Å². The number of aromatic amines is 1. The van der Waals surface area contributed by atoms with Crippen LogP contribution in [-0.4, -0.2) is 17.4 Å². The summed E-state index contributed by atoms with van der Waals surface area (Å²) < 4.78 is 0. The molecule has 2 rings (SSSR count). The minimum Gasteiger partial charge on any atom is -0.361 e. The highest BCUT2D eigenvalue weighted by atomic mass is 16.1. The minimum atomic E-state index is -0.00627. The molecule has 2 N–H and O–H groups in total. The quantitative estimate of drug-likeness (QED) is 0.768. The van der Waals surface area contributed by atoms with Crippen LogP contribution in [0.3, 0.4) is 0 Å². The Morgan fingerprint density at radius 1 is 1.41 bits per heavy atom. The normalized spacial score (nSPS) is 10.1. The summed E-state index contributed by atoms with van der Waals surface area (Å²) in [6, 6.07) is 8.07. The van der Waals surface area contributed by atoms with E-state index in [1.807, 2.05) is 24.4 Å². The van der Waals surface area contributed by atoms with Crippen molar-refractivity contribution in [2.75, 3.05) is 6.54 Å². The Balaban J connectivity index is 2.00. The van der Waals surface area contributed by atoms with Gasteiger partial charge in [0.1, 0.15) is 0 Å². The Morgan fingerprint density at radius 2 is 2.24 bits per heavy atom. The molecule has 0 radical (unpaired) electrons. The summed E-state index contributed by atoms with van der Waals surface area (Å²) in [5.41, 5.74) is 2.27. The van der Waals surface area contributed by atoms with Gasteiger partial charge in [0.05, 0.1) is 6.54 Å². The smallest absolute Gasteiger partial charge is 0.221 e. The Labute approximate surface area is 100 Å². The summed E-state index contributed by atoms with van der Waals surface area (Å²) in [6.07, 6.45) is 8.21. The SMILES string of the molecule is C#CCNC(=O)CCc1c[nH]c2ccccc12. The van der Waals surface area contributed by atoms with Crippen molar-refractivity contribution < 1.29 is 4.79 Å². The Hall–Kier alpha value is -2.21. The highest BCUT2D eigenvalue weighted by molar-refractivity contribution is 5.84. The molecule has 0 saturated carbocycles. The Kier molecular flexibility index (Phi) is 3.46. The van der Waals surface area contributed by atoms with Gasteiger partial charge >= 0.3 is 0 Å². The lowest BCUT2D eigenvalue weighted by Crippen LogP contribution is -2.23. The first kappa shape index (κ1) is 11.3. The molecule has 0 bridgehead atoms. The molecule has 1 aromatic carbocycles. The second-order valence-corrected chi connectivity index (χ2v) is 3.84. The Morgan fingerprint density at radius 3 is 3.06 bits per heavy atom. The number of para-hydroxylation sites is 1. The first-order valence-electron chi connectivity index (χ1n) is 5.56. The molecule has 0 unspecified atom stereocenters. The van der Waals surface area contributed by atoms with Crippen molar-refractivity contribution in [2.45, 2.75) is 12.8 Å². The number of terminal acetylenes is 1. The zero-order valence-corrected chi connectivity index (χ0v) is 9.49. The van der Waals surface area contributed by atoms with Crippen LogP contribution >= 0.6 is 0 Å². The zero-order chi connectivity index (χ0) is 12.1. The number of benzene rings is 1. The second kappa shape index (κ2) is 5.22. The molecule has 3 nitrogen and oxygen atoms in total. The zero-order valence-electron chi connectivity index (χ0n) is 9.49. The van der Waals surface area contributed by atoms with Gasteiger partial charge in [-0.15, -0.1) is 6.42 Å². The lowest BCUT2D eigenvalue weighted by molar-refractivity contribution is -0.120. The highest BCUT2D eigenvalue weighted by Crippen LogP contribution is 2.18. The number of carbonyl (C=O) groups is 1. The van der Waals surface area contributed by atoms with E-state index in [9.17, 15) is 4.79 Å². The topological polar surface area (TPSA) is 44.9 Å². The maximum Gasteiger partial charge on any atom is 0.221 e. The van der Waals surface area contributed by atoms with Gasteiger partial charge in [-0.3, -0.25) is 4.79 Å². The van der Waals surface area contributed by atoms with Crippen LogP contribution in [0.1, 0.15) is 12.0 Å². The van der Waals surface area contributed by atoms with Gasteiger partial charge in [0, 0.05) is 23.5 Å². The molecule has 86 valence electrons. The lowest BCUT2D eigenvalue weighted by Gasteiger charge is -2.00. The molecule has 2 aromatic rings. The van der Waals surface area contributed by atoms with Gasteiger partial charge in [-0.05, 0) is 18.1 Å². The van der Waals surface area contributed by atoms with E-state index in [1.54, 1.807) is 0 Å². The van der Waals surface area contributed by atoms with Crippen LogP contribution in [0, 0.1) is 12.3 Å². The van der Waals surface area contributed by atoms with E-state index < -0.39 is 0 Å². The molecular weight excluding hydrogens is 212 g/mol. The van der Waals surface area contributed by atoms with Crippen molar-refractivity contribution >= 4 is 16.8 Å². The summed E-state index contributed by atoms with van der Waals surface area (Å²) in [7, 11) is 0. The average molecular weight is 226 g/mol. The second-order valence-electron chi connectivity index (χ2n) is 3.84. The first-order valence-corrected chi connectivity index (χ1v) is 5.56. The molecule has 1 heterocycles. The van der Waals surface area contributed by atoms with Gasteiger partial charge in [-0.1, -0.05) is 24.1 Å². The number of carbonyl (C=O) groups excluding carboxylic acids is 1. The number of hydrogen-bond donors (Lipinski definition) is 2. The van der Waals surface area contributed by atoms with Gasteiger partial charge < -0.3 is 10.3 Å². The molecule has 0 atom stereocenters. The molecule has 0 aliphatic carbocycles. The van der Waals surface area contributed by atoms with Crippen LogP contribution in [0.15, 0.2) is 30.5 Å². The number of nitrogens with one attached hydrogen (secondary N) is 2. The van der Waals surface area contributed by atoms with Crippen LogP contribution in [0.4, 0.5) is 0 Å². The van der Waals surface area contributed by atoms with Crippen molar-refractivity contribution in [2.24, 2.45) is 0 Å². The fourth-order valence-electron chi connectivity index (χ4n) is 1.82. The third kappa shape index (κ3) is 2.67. The molecule has 1 aromatic heterocycles. The van der Waals surface area contributed by atoms with E-state index in [4.69, 9.17) is 6.42 Å². The number of amides is 1. The average Bonchev–Trinajstić information content (AvgIpc) is 2.77. The first-order chi connectivity index (χ1) is 8.31. The number of aromatic nitrogens is 1. The van der Waals surface area contributed by atoms with Crippen molar-refractivity contribution in [3.63, 3.8) is 0 Å². The predicted octanol–water partition coefficient (Wildman–Crippen LogP) is 1.85. The molecule has 17 heavy (non-hydrogen) atoms. The van der Waals surface area contributed by atoms with Crippen LogP contribution in [0.25, 0.3) is 10.9 Å². The number of H-pyrrole nitrogens is 1. The Bertz CT molecular complexity index is 563. The third-order valence-electron chi connectivity index (χ3n) is 2.68. The number of rotatable bonds is 4. The minimum absolute atomic E-state index is 0.00627. The molecule has 3 heteroatoms. The van der Waals surface area contributed by atoms with Crippen LogP contribution in [0.5, 0.6) is 0 Å². The largest absolute Gasteiger partial charge is 0.361 e. The van der Waals surface area contributed by atoms with Crippen LogP contribution in [0.2, 0.25) is 0 Å². The maximum atomic E-state index is 11.4. The van der Waals surface area contributed by atoms with Crippen molar-refractivity contribution in [1.29, 1.82) is 0 Å². The summed E-state index contributed by atoms with van der Waals surface area (Å²) >= 11 is 0. The molecule has 1 amide bonds. The van der Waals surface area contributed by atoms with E-state index in [0.717, 1.165) is 17.5 Å². The number of fused-ring (bicyclic) bond motifs is 1. The van der Waals surface area contributed by atoms with Gasteiger partial charge in [-0.2, -0.15) is 0 Å². The fraction of sp³-hybridized carbons (Fsp3) is 0.214. The third-order valence-corrected chi connectivity index (χ3v) is 2.68. The van der Waals surface area contributed by atoms with Crippen LogP contribution in [-0.2, 0) is 11.2 Å². The number of aryl methyl sites for hydroxylation is 1. The molecule has 0 fully saturated rings. The summed E-state index contributed by atoms with van der Waals surface area (Å²) in [6.45, 7) is 0.298. The van der Waals surface area contributed by atoms with E-state index in [1.165, 1.54) is 5.39 Å². The van der Waals surface area contributed by atoms with Crippen molar-refractivity contribution in [3.8, 4) is 12.3 Å². The number of hydrogen-bond acceptors (Lipinski definition) is 1. The molecule has 0 saturated heterocycles. The molecule has 0 spiro atoms. The highest BCUT2D eigenvalue weighted by Gasteiger charge is 2.05. The van der Waals surface area contributed by atoms with E-state index in [0.29, 0.717) is 13.0 Å². The maximum absolute atomic E-state index is 11.4. The monoisotopic (exact) mass is 226 g/mol. The van der Waals surface area contributed by atoms with Crippen molar-refractivity contribution in [3.05, 3.63) is 36.0 Å². The van der Waals surface area contributed by atoms with Gasteiger partial charge in [0.2, 0.25) is 5.91 Å². The predicted molar refractivity (Wildman–Crippen MR) is 68.5 cm³/mol. The fourth-order valence-corrected chi connectivity index (χ4v) is 1.82.